The molecule has 1 aromatic rings. The summed E-state index contributed by atoms with van der Waals surface area (Å²) in [5, 5.41) is 2.56. The van der Waals surface area contributed by atoms with Gasteiger partial charge in [0.05, 0.1) is 6.54 Å². The number of carbonyl (C=O) groups excluding carboxylic acids is 1. The number of nitrogens with one attached hydrogen (secondary N) is 1. The second-order valence-corrected chi connectivity index (χ2v) is 2.42. The Labute approximate surface area is 78.1 Å². The van der Waals surface area contributed by atoms with Crippen molar-refractivity contribution in [1.29, 1.82) is 0 Å². The summed E-state index contributed by atoms with van der Waals surface area (Å²) in [6.45, 7) is 0.108. The summed E-state index contributed by atoms with van der Waals surface area (Å²) in [5.74, 6) is 0.187. The Morgan fingerprint density at radius 1 is 1.25 bits per heavy atom. The molecule has 12 heavy (non-hydrogen) atoms. The van der Waals surface area contributed by atoms with Crippen LogP contribution in [0.3, 0.4) is 0 Å². The predicted molar refractivity (Wildman–Crippen MR) is 44.4 cm³/mol. The van der Waals surface area contributed by atoms with Crippen LogP contribution in [0, 0.1) is 0 Å². The number of nitrogens with zero attached hydrogens (tertiary/aromatic N) is 3. The van der Waals surface area contributed by atoms with Gasteiger partial charge in [-0.2, -0.15) is 15.0 Å². The highest BCUT2D eigenvalue weighted by molar-refractivity contribution is 6.31. The third-order valence-corrected chi connectivity index (χ3v) is 1.26. The fourth-order valence-electron chi connectivity index (χ4n) is 0.538. The van der Waals surface area contributed by atoms with Crippen molar-refractivity contribution in [1.82, 2.24) is 15.0 Å². The van der Waals surface area contributed by atoms with Gasteiger partial charge in [-0.25, -0.2) is 0 Å². The molecule has 1 rings (SSSR count). The molecule has 0 radical (unpaired) electrons. The Morgan fingerprint density at radius 3 is 2.33 bits per heavy atom. The van der Waals surface area contributed by atoms with E-state index in [2.05, 4.69) is 20.3 Å². The summed E-state index contributed by atoms with van der Waals surface area (Å²) in [4.78, 5) is 20.8. The Hall–Kier alpha value is -0.940. The van der Waals surface area contributed by atoms with Crippen LogP contribution in [0.5, 0.6) is 0 Å². The number of hydrogen-bond donors (Lipinski definition) is 1. The molecule has 0 aliphatic heterocycles. The van der Waals surface area contributed by atoms with Crippen LogP contribution in [0.4, 0.5) is 5.95 Å². The lowest BCUT2D eigenvalue weighted by Crippen LogP contribution is -2.06. The number of aromatic nitrogens is 3. The largest absolute Gasteiger partial charge is 0.347 e. The van der Waals surface area contributed by atoms with Crippen LogP contribution in [0.25, 0.3) is 0 Å². The third-order valence-electron chi connectivity index (χ3n) is 0.924. The maximum Gasteiger partial charge on any atom is 0.228 e. The molecule has 1 N–H and O–H groups in total. The van der Waals surface area contributed by atoms with Crippen molar-refractivity contribution in [3.8, 4) is 0 Å². The highest BCUT2D eigenvalue weighted by atomic mass is 35.5. The average molecular weight is 207 g/mol. The fourth-order valence-corrected chi connectivity index (χ4v) is 0.901. The van der Waals surface area contributed by atoms with Gasteiger partial charge in [0, 0.05) is 0 Å². The molecule has 0 aliphatic carbocycles. The molecule has 0 aromatic carbocycles. The van der Waals surface area contributed by atoms with Gasteiger partial charge in [-0.1, -0.05) is 0 Å². The van der Waals surface area contributed by atoms with Crippen LogP contribution in [0.15, 0.2) is 0 Å². The van der Waals surface area contributed by atoms with E-state index in [9.17, 15) is 4.79 Å². The molecule has 0 bridgehead atoms. The van der Waals surface area contributed by atoms with Gasteiger partial charge >= 0.3 is 0 Å². The lowest BCUT2D eigenvalue weighted by Gasteiger charge is -1.99. The first-order valence-corrected chi connectivity index (χ1v) is 3.72. The molecule has 5 nitrogen and oxygen atoms in total. The van der Waals surface area contributed by atoms with Crippen LogP contribution in [0.2, 0.25) is 10.6 Å². The van der Waals surface area contributed by atoms with Gasteiger partial charge in [-0.3, -0.25) is 0 Å². The molecule has 0 atom stereocenters. The summed E-state index contributed by atoms with van der Waals surface area (Å²) in [6, 6.07) is 0. The molecular weight excluding hydrogens is 203 g/mol. The Kier molecular flexibility index (Phi) is 3.19. The number of hydrogen-bond acceptors (Lipinski definition) is 5. The van der Waals surface area contributed by atoms with Crippen molar-refractivity contribution < 1.29 is 4.79 Å². The van der Waals surface area contributed by atoms with E-state index < -0.39 is 0 Å². The Morgan fingerprint density at radius 2 is 1.83 bits per heavy atom. The van der Waals surface area contributed by atoms with Crippen molar-refractivity contribution in [3.05, 3.63) is 10.6 Å². The smallest absolute Gasteiger partial charge is 0.228 e. The van der Waals surface area contributed by atoms with Gasteiger partial charge in [0.15, 0.2) is 0 Å². The van der Waals surface area contributed by atoms with Crippen molar-refractivity contribution in [2.75, 3.05) is 11.9 Å². The second kappa shape index (κ2) is 4.18. The molecule has 0 unspecified atom stereocenters. The molecule has 0 fully saturated rings. The molecule has 0 aliphatic rings. The second-order valence-electron chi connectivity index (χ2n) is 1.74. The van der Waals surface area contributed by atoms with E-state index in [1.165, 1.54) is 0 Å². The molecule has 1 heterocycles. The third kappa shape index (κ3) is 2.60. The lowest BCUT2D eigenvalue weighted by atomic mass is 10.7. The molecule has 1 aromatic heterocycles. The molecule has 64 valence electrons. The van der Waals surface area contributed by atoms with Gasteiger partial charge in [-0.05, 0) is 23.2 Å². The minimum atomic E-state index is -0.0107. The van der Waals surface area contributed by atoms with E-state index >= 15 is 0 Å². The van der Waals surface area contributed by atoms with Crippen molar-refractivity contribution in [2.24, 2.45) is 0 Å². The zero-order valence-electron chi connectivity index (χ0n) is 5.79. The van der Waals surface area contributed by atoms with Gasteiger partial charge in [0.2, 0.25) is 16.5 Å². The van der Waals surface area contributed by atoms with E-state index in [-0.39, 0.29) is 23.1 Å². The molecular formula is C5H4Cl2N4O. The minimum Gasteiger partial charge on any atom is -0.347 e. The first-order chi connectivity index (χ1) is 5.72. The summed E-state index contributed by atoms with van der Waals surface area (Å²) in [6.07, 6.45) is 0.672. The number of carbonyl (C=O) groups is 1. The SMILES string of the molecule is O=CCNc1nc(Cl)nc(Cl)n1. The van der Waals surface area contributed by atoms with Gasteiger partial charge in [0.1, 0.15) is 6.29 Å². The monoisotopic (exact) mass is 206 g/mol. The number of aldehydes is 1. The number of halogens is 2. The predicted octanol–water partition coefficient (Wildman–Crippen LogP) is 0.789. The highest BCUT2D eigenvalue weighted by Crippen LogP contribution is 2.08. The number of rotatable bonds is 3. The zero-order chi connectivity index (χ0) is 8.97. The van der Waals surface area contributed by atoms with E-state index in [0.717, 1.165) is 0 Å². The first kappa shape index (κ1) is 9.15. The quantitative estimate of drug-likeness (QED) is 0.742. The van der Waals surface area contributed by atoms with Crippen LogP contribution < -0.4 is 5.32 Å². The maximum atomic E-state index is 9.95. The molecule has 7 heteroatoms. The molecule has 0 saturated heterocycles. The van der Waals surface area contributed by atoms with Crippen molar-refractivity contribution in [3.63, 3.8) is 0 Å². The van der Waals surface area contributed by atoms with Crippen LogP contribution in [-0.2, 0) is 4.79 Å². The van der Waals surface area contributed by atoms with E-state index in [1.807, 2.05) is 0 Å². The van der Waals surface area contributed by atoms with Crippen molar-refractivity contribution >= 4 is 35.4 Å². The van der Waals surface area contributed by atoms with Crippen LogP contribution in [0.1, 0.15) is 0 Å². The molecule has 0 saturated carbocycles. The van der Waals surface area contributed by atoms with E-state index in [0.29, 0.717) is 6.29 Å². The summed E-state index contributed by atoms with van der Waals surface area (Å²) >= 11 is 10.9. The first-order valence-electron chi connectivity index (χ1n) is 2.97. The normalized spacial score (nSPS) is 9.50. The van der Waals surface area contributed by atoms with Gasteiger partial charge in [0.25, 0.3) is 0 Å². The summed E-state index contributed by atoms with van der Waals surface area (Å²) in [5.41, 5.74) is 0. The van der Waals surface area contributed by atoms with Gasteiger partial charge in [-0.15, -0.1) is 0 Å². The Balaban J connectivity index is 2.78. The van der Waals surface area contributed by atoms with Gasteiger partial charge < -0.3 is 10.1 Å². The van der Waals surface area contributed by atoms with Crippen LogP contribution >= 0.6 is 23.2 Å². The standard InChI is InChI=1S/C5H4Cl2N4O/c6-3-9-4(7)11-5(10-3)8-1-2-12/h2H,1H2,(H,8,9,10,11). The maximum absolute atomic E-state index is 9.95. The van der Waals surface area contributed by atoms with E-state index in [4.69, 9.17) is 23.2 Å². The minimum absolute atomic E-state index is 0.0107. The zero-order valence-corrected chi connectivity index (χ0v) is 7.30. The fraction of sp³-hybridized carbons (Fsp3) is 0.200. The molecule has 0 spiro atoms. The average Bonchev–Trinajstić information content (AvgIpc) is 1.99. The molecule has 0 amide bonds. The number of anilines is 1. The van der Waals surface area contributed by atoms with Crippen LogP contribution in [-0.4, -0.2) is 27.8 Å². The topological polar surface area (TPSA) is 67.8 Å². The van der Waals surface area contributed by atoms with E-state index in [1.54, 1.807) is 0 Å². The van der Waals surface area contributed by atoms with Crippen molar-refractivity contribution in [2.45, 2.75) is 0 Å². The summed E-state index contributed by atoms with van der Waals surface area (Å²) < 4.78 is 0. The summed E-state index contributed by atoms with van der Waals surface area (Å²) in [7, 11) is 0. The highest BCUT2D eigenvalue weighted by Gasteiger charge is 2.00. The lowest BCUT2D eigenvalue weighted by molar-refractivity contribution is -0.106. The Bertz CT molecular complexity index is 273.